The Labute approximate surface area is 215 Å². The average Bonchev–Trinajstić information content (AvgIpc) is 3.59. The van der Waals surface area contributed by atoms with E-state index in [9.17, 15) is 22.8 Å². The predicted octanol–water partition coefficient (Wildman–Crippen LogP) is 1.99. The lowest BCUT2D eigenvalue weighted by molar-refractivity contribution is -0.137. The number of amides is 2. The van der Waals surface area contributed by atoms with Crippen LogP contribution in [0.4, 0.5) is 13.2 Å². The molecule has 2 N–H and O–H groups in total. The van der Waals surface area contributed by atoms with Crippen molar-refractivity contribution in [2.24, 2.45) is 0 Å². The Bertz CT molecular complexity index is 1220. The second kappa shape index (κ2) is 12.6. The molecule has 4 heterocycles. The molecule has 1 aliphatic rings. The third kappa shape index (κ3) is 7.81. The lowest BCUT2D eigenvalue weighted by Gasteiger charge is -2.22. The molecule has 1 aliphatic heterocycles. The monoisotopic (exact) mass is 535 g/mol. The number of carbonyl (C=O) groups is 2. The summed E-state index contributed by atoms with van der Waals surface area (Å²) in [7, 11) is 0. The average molecular weight is 536 g/mol. The van der Waals surface area contributed by atoms with Crippen molar-refractivity contribution >= 4 is 11.8 Å². The second-order valence-electron chi connectivity index (χ2n) is 8.86. The minimum absolute atomic E-state index is 0.0402. The van der Waals surface area contributed by atoms with E-state index in [4.69, 9.17) is 4.74 Å². The Morgan fingerprint density at radius 1 is 1.00 bits per heavy atom. The minimum atomic E-state index is -4.49. The SMILES string of the molecule is O=C(NCc1cc(C(F)(F)F)ccn1)c1cn(CCCCn2cc(C(=O)NCC3CCCCO3)nn2)nn1. The molecule has 1 unspecified atom stereocenters. The summed E-state index contributed by atoms with van der Waals surface area (Å²) < 4.78 is 47.1. The molecule has 38 heavy (non-hydrogen) atoms. The van der Waals surface area contributed by atoms with Gasteiger partial charge in [0, 0.05) is 32.4 Å². The summed E-state index contributed by atoms with van der Waals surface area (Å²) in [6.45, 7) is 2.02. The van der Waals surface area contributed by atoms with E-state index in [1.807, 2.05) is 0 Å². The van der Waals surface area contributed by atoms with Gasteiger partial charge in [-0.1, -0.05) is 10.4 Å². The number of pyridine rings is 1. The smallest absolute Gasteiger partial charge is 0.376 e. The van der Waals surface area contributed by atoms with Crippen LogP contribution in [0.5, 0.6) is 0 Å². The lowest BCUT2D eigenvalue weighted by Crippen LogP contribution is -2.35. The summed E-state index contributed by atoms with van der Waals surface area (Å²) in [5, 5.41) is 21.0. The van der Waals surface area contributed by atoms with E-state index in [1.165, 1.54) is 10.9 Å². The van der Waals surface area contributed by atoms with E-state index in [1.54, 1.807) is 10.9 Å². The zero-order chi connectivity index (χ0) is 27.0. The van der Waals surface area contributed by atoms with Crippen LogP contribution in [0.2, 0.25) is 0 Å². The normalized spacial score (nSPS) is 15.8. The van der Waals surface area contributed by atoms with E-state index < -0.39 is 17.6 Å². The van der Waals surface area contributed by atoms with Crippen molar-refractivity contribution in [3.63, 3.8) is 0 Å². The highest BCUT2D eigenvalue weighted by Crippen LogP contribution is 2.28. The summed E-state index contributed by atoms with van der Waals surface area (Å²) in [6.07, 6.45) is 4.14. The van der Waals surface area contributed by atoms with Gasteiger partial charge in [-0.25, -0.2) is 0 Å². The van der Waals surface area contributed by atoms with Crippen LogP contribution in [0.3, 0.4) is 0 Å². The van der Waals surface area contributed by atoms with E-state index in [0.29, 0.717) is 32.5 Å². The Kier molecular flexibility index (Phi) is 8.99. The van der Waals surface area contributed by atoms with Gasteiger partial charge in [0.25, 0.3) is 11.8 Å². The number of unbranched alkanes of at least 4 members (excludes halogenated alkanes) is 1. The summed E-state index contributed by atoms with van der Waals surface area (Å²) in [5.41, 5.74) is -0.471. The molecule has 0 saturated carbocycles. The number of nitrogens with one attached hydrogen (secondary N) is 2. The van der Waals surface area contributed by atoms with Gasteiger partial charge in [-0.2, -0.15) is 13.2 Å². The maximum Gasteiger partial charge on any atom is 0.416 e. The first-order valence-electron chi connectivity index (χ1n) is 12.3. The van der Waals surface area contributed by atoms with Gasteiger partial charge in [0.05, 0.1) is 36.3 Å². The van der Waals surface area contributed by atoms with Crippen molar-refractivity contribution in [1.82, 2.24) is 45.6 Å². The van der Waals surface area contributed by atoms with Crippen molar-refractivity contribution in [3.05, 3.63) is 53.4 Å². The van der Waals surface area contributed by atoms with E-state index >= 15 is 0 Å². The highest BCUT2D eigenvalue weighted by molar-refractivity contribution is 5.92. The van der Waals surface area contributed by atoms with Crippen molar-refractivity contribution in [2.75, 3.05) is 13.2 Å². The topological polar surface area (TPSA) is 142 Å². The van der Waals surface area contributed by atoms with Crippen molar-refractivity contribution < 1.29 is 27.5 Å². The van der Waals surface area contributed by atoms with Crippen LogP contribution in [0.15, 0.2) is 30.7 Å². The molecule has 3 aromatic heterocycles. The Morgan fingerprint density at radius 3 is 2.26 bits per heavy atom. The largest absolute Gasteiger partial charge is 0.416 e. The number of ether oxygens (including phenoxy) is 1. The quantitative estimate of drug-likeness (QED) is 0.355. The van der Waals surface area contributed by atoms with Gasteiger partial charge in [0.1, 0.15) is 0 Å². The van der Waals surface area contributed by atoms with Gasteiger partial charge in [0.15, 0.2) is 11.4 Å². The van der Waals surface area contributed by atoms with Gasteiger partial charge in [0.2, 0.25) is 0 Å². The maximum absolute atomic E-state index is 12.8. The second-order valence-corrected chi connectivity index (χ2v) is 8.86. The van der Waals surface area contributed by atoms with Crippen molar-refractivity contribution in [1.29, 1.82) is 0 Å². The van der Waals surface area contributed by atoms with Crippen LogP contribution in [-0.4, -0.2) is 66.0 Å². The van der Waals surface area contributed by atoms with Gasteiger partial charge in [-0.15, -0.1) is 10.2 Å². The minimum Gasteiger partial charge on any atom is -0.376 e. The molecule has 1 atom stereocenters. The number of aryl methyl sites for hydroxylation is 2. The van der Waals surface area contributed by atoms with Gasteiger partial charge in [-0.05, 0) is 44.2 Å². The fourth-order valence-corrected chi connectivity index (χ4v) is 3.85. The molecule has 12 nitrogen and oxygen atoms in total. The zero-order valence-electron chi connectivity index (χ0n) is 20.5. The van der Waals surface area contributed by atoms with E-state index in [-0.39, 0.29) is 35.6 Å². The van der Waals surface area contributed by atoms with Gasteiger partial charge in [-0.3, -0.25) is 23.9 Å². The molecule has 0 aliphatic carbocycles. The number of carbonyl (C=O) groups excluding carboxylic acids is 2. The molecular formula is C23H28F3N9O3. The Balaban J connectivity index is 1.15. The third-order valence-corrected chi connectivity index (χ3v) is 5.91. The highest BCUT2D eigenvalue weighted by Gasteiger charge is 2.30. The lowest BCUT2D eigenvalue weighted by atomic mass is 10.1. The zero-order valence-corrected chi connectivity index (χ0v) is 20.5. The fourth-order valence-electron chi connectivity index (χ4n) is 3.85. The molecule has 0 aromatic carbocycles. The molecule has 2 amide bonds. The number of aromatic nitrogens is 7. The number of rotatable bonds is 11. The molecule has 4 rings (SSSR count). The first-order valence-corrected chi connectivity index (χ1v) is 12.3. The van der Waals surface area contributed by atoms with Crippen LogP contribution in [0, 0.1) is 0 Å². The Morgan fingerprint density at radius 2 is 1.66 bits per heavy atom. The van der Waals surface area contributed by atoms with Gasteiger partial charge >= 0.3 is 6.18 Å². The first kappa shape index (κ1) is 27.2. The summed E-state index contributed by atoms with van der Waals surface area (Å²) >= 11 is 0. The molecule has 0 bridgehead atoms. The number of hydrogen-bond acceptors (Lipinski definition) is 8. The first-order chi connectivity index (χ1) is 18.3. The molecule has 0 spiro atoms. The highest BCUT2D eigenvalue weighted by atomic mass is 19.4. The molecular weight excluding hydrogens is 507 g/mol. The van der Waals surface area contributed by atoms with Crippen LogP contribution >= 0.6 is 0 Å². The van der Waals surface area contributed by atoms with E-state index in [0.717, 1.165) is 44.2 Å². The number of alkyl halides is 3. The molecule has 15 heteroatoms. The van der Waals surface area contributed by atoms with Gasteiger partial charge < -0.3 is 15.4 Å². The third-order valence-electron chi connectivity index (χ3n) is 5.91. The Hall–Kier alpha value is -3.88. The van der Waals surface area contributed by atoms with E-state index in [2.05, 4.69) is 36.2 Å². The summed E-state index contributed by atoms with van der Waals surface area (Å²) in [5.74, 6) is -0.860. The van der Waals surface area contributed by atoms with Crippen molar-refractivity contribution in [3.8, 4) is 0 Å². The van der Waals surface area contributed by atoms with Crippen LogP contribution < -0.4 is 10.6 Å². The van der Waals surface area contributed by atoms with Crippen LogP contribution in [-0.2, 0) is 30.5 Å². The molecule has 204 valence electrons. The van der Waals surface area contributed by atoms with Crippen LogP contribution in [0.1, 0.15) is 64.3 Å². The predicted molar refractivity (Wildman–Crippen MR) is 126 cm³/mol. The summed E-state index contributed by atoms with van der Waals surface area (Å²) in [4.78, 5) is 28.4. The number of nitrogens with zero attached hydrogens (tertiary/aromatic N) is 7. The summed E-state index contributed by atoms with van der Waals surface area (Å²) in [6, 6.07) is 1.75. The van der Waals surface area contributed by atoms with Crippen LogP contribution in [0.25, 0.3) is 0 Å². The maximum atomic E-state index is 12.8. The van der Waals surface area contributed by atoms with Crippen molar-refractivity contribution in [2.45, 2.75) is 64.0 Å². The molecule has 1 fully saturated rings. The fraction of sp³-hybridized carbons (Fsp3) is 0.522. The number of hydrogen-bond donors (Lipinski definition) is 2. The number of halogens is 3. The molecule has 0 radical (unpaired) electrons. The molecule has 1 saturated heterocycles. The standard InChI is InChI=1S/C23H28F3N9O3/c24-23(25,26)16-6-7-27-17(11-16)12-28-21(36)19-14-34(32-30-19)8-2-3-9-35-15-20(31-33-35)22(37)29-13-18-5-1-4-10-38-18/h6-7,11,14-15,18H,1-5,8-10,12-13H2,(H,28,36)(H,29,37). The molecule has 3 aromatic rings.